The van der Waals surface area contributed by atoms with Crippen LogP contribution in [0.3, 0.4) is 0 Å². The largest absolute Gasteiger partial charge is 0.349 e. The summed E-state index contributed by atoms with van der Waals surface area (Å²) in [5.74, 6) is 0.846. The van der Waals surface area contributed by atoms with Crippen molar-refractivity contribution in [3.63, 3.8) is 0 Å². The number of hydrogen-bond acceptors (Lipinski definition) is 2. The third kappa shape index (κ3) is 4.40. The zero-order valence-electron chi connectivity index (χ0n) is 16.9. The summed E-state index contributed by atoms with van der Waals surface area (Å²) in [6.07, 6.45) is 8.04. The Labute approximate surface area is 165 Å². The molecule has 1 heterocycles. The summed E-state index contributed by atoms with van der Waals surface area (Å²) >= 11 is 5.72. The number of rotatable bonds is 3. The number of benzene rings is 1. The molecule has 1 saturated heterocycles. The lowest BCUT2D eigenvalue weighted by molar-refractivity contribution is 0.0691. The predicted molar refractivity (Wildman–Crippen MR) is 116 cm³/mol. The lowest BCUT2D eigenvalue weighted by atomic mass is 9.84. The second-order valence-corrected chi connectivity index (χ2v) is 8.80. The highest BCUT2D eigenvalue weighted by atomic mass is 32.1. The van der Waals surface area contributed by atoms with Crippen molar-refractivity contribution in [2.75, 3.05) is 25.5 Å². The van der Waals surface area contributed by atoms with E-state index in [1.54, 1.807) is 0 Å². The van der Waals surface area contributed by atoms with Gasteiger partial charge >= 0.3 is 0 Å². The zero-order chi connectivity index (χ0) is 18.7. The maximum Gasteiger partial charge on any atom is 0.173 e. The first-order valence-corrected chi connectivity index (χ1v) is 10.7. The summed E-state index contributed by atoms with van der Waals surface area (Å²) < 4.78 is 0. The Morgan fingerprint density at radius 1 is 1.08 bits per heavy atom. The van der Waals surface area contributed by atoms with Crippen molar-refractivity contribution in [1.82, 2.24) is 9.80 Å². The molecule has 0 unspecified atom stereocenters. The van der Waals surface area contributed by atoms with E-state index in [0.29, 0.717) is 6.04 Å². The van der Waals surface area contributed by atoms with Crippen molar-refractivity contribution in [2.45, 2.75) is 71.4 Å². The van der Waals surface area contributed by atoms with E-state index in [-0.39, 0.29) is 0 Å². The molecule has 144 valence electrons. The van der Waals surface area contributed by atoms with Crippen molar-refractivity contribution in [3.8, 4) is 0 Å². The number of hydrogen-bond donors (Lipinski definition) is 1. The fourth-order valence-corrected chi connectivity index (χ4v) is 5.13. The summed E-state index contributed by atoms with van der Waals surface area (Å²) in [5.41, 5.74) is 3.69. The van der Waals surface area contributed by atoms with Gasteiger partial charge in [-0.1, -0.05) is 38.0 Å². The first-order valence-electron chi connectivity index (χ1n) is 10.3. The molecular formula is C22H35N3S. The smallest absolute Gasteiger partial charge is 0.173 e. The second-order valence-electron chi connectivity index (χ2n) is 8.41. The summed E-state index contributed by atoms with van der Waals surface area (Å²) in [7, 11) is 2.36. The first-order chi connectivity index (χ1) is 12.5. The molecule has 1 saturated carbocycles. The topological polar surface area (TPSA) is 18.5 Å². The molecule has 26 heavy (non-hydrogen) atoms. The number of likely N-dealkylation sites (tertiary alicyclic amines) is 1. The van der Waals surface area contributed by atoms with Crippen LogP contribution in [-0.2, 0) is 0 Å². The molecule has 1 N–H and O–H groups in total. The van der Waals surface area contributed by atoms with Crippen LogP contribution in [0.4, 0.5) is 5.69 Å². The standard InChI is InChI=1S/C22H35N3S/c1-16-8-5-6-11-20(16)24(4)19-12-14-25(15-13-19)22(26)23-21-17(2)9-7-10-18(21)3/h7,9-10,16,19-20H,5-6,8,11-15H2,1-4H3,(H,23,26)/t16-,20+/m1/s1. The van der Waals surface area contributed by atoms with E-state index in [2.05, 4.69) is 61.1 Å². The van der Waals surface area contributed by atoms with Crippen molar-refractivity contribution in [1.29, 1.82) is 0 Å². The minimum atomic E-state index is 0.708. The molecule has 1 aromatic carbocycles. The second kappa shape index (κ2) is 8.71. The van der Waals surface area contributed by atoms with E-state index in [4.69, 9.17) is 12.2 Å². The Morgan fingerprint density at radius 2 is 1.69 bits per heavy atom. The van der Waals surface area contributed by atoms with E-state index in [1.807, 2.05) is 0 Å². The van der Waals surface area contributed by atoms with Crippen LogP contribution in [0.5, 0.6) is 0 Å². The van der Waals surface area contributed by atoms with Crippen molar-refractivity contribution >= 4 is 23.0 Å². The summed E-state index contributed by atoms with van der Waals surface area (Å²) in [6.45, 7) is 8.85. The van der Waals surface area contributed by atoms with Crippen LogP contribution in [0.1, 0.15) is 56.6 Å². The van der Waals surface area contributed by atoms with Crippen molar-refractivity contribution in [2.24, 2.45) is 5.92 Å². The van der Waals surface area contributed by atoms with Gasteiger partial charge in [-0.3, -0.25) is 0 Å². The fraction of sp³-hybridized carbons (Fsp3) is 0.682. The lowest BCUT2D eigenvalue weighted by Gasteiger charge is -2.44. The SMILES string of the molecule is Cc1cccc(C)c1NC(=S)N1CCC(N(C)[C@H]2CCCC[C@H]2C)CC1. The monoisotopic (exact) mass is 373 g/mol. The molecule has 0 spiro atoms. The third-order valence-corrected chi connectivity index (χ3v) is 6.99. The third-order valence-electron chi connectivity index (χ3n) is 6.63. The van der Waals surface area contributed by atoms with Gasteiger partial charge in [0.15, 0.2) is 5.11 Å². The Kier molecular flexibility index (Phi) is 6.57. The van der Waals surface area contributed by atoms with E-state index < -0.39 is 0 Å². The fourth-order valence-electron chi connectivity index (χ4n) is 4.85. The van der Waals surface area contributed by atoms with Crippen LogP contribution < -0.4 is 5.32 Å². The molecule has 1 aliphatic carbocycles. The molecule has 2 fully saturated rings. The van der Waals surface area contributed by atoms with Crippen molar-refractivity contribution in [3.05, 3.63) is 29.3 Å². The van der Waals surface area contributed by atoms with Crippen molar-refractivity contribution < 1.29 is 0 Å². The zero-order valence-corrected chi connectivity index (χ0v) is 17.7. The number of nitrogens with zero attached hydrogens (tertiary/aromatic N) is 2. The van der Waals surface area contributed by atoms with Crippen LogP contribution in [0.15, 0.2) is 18.2 Å². The highest BCUT2D eigenvalue weighted by molar-refractivity contribution is 7.80. The van der Waals surface area contributed by atoms with Gasteiger partial charge in [0.1, 0.15) is 0 Å². The summed E-state index contributed by atoms with van der Waals surface area (Å²) in [4.78, 5) is 5.05. The molecule has 4 heteroatoms. The molecule has 0 radical (unpaired) electrons. The molecule has 1 aliphatic heterocycles. The highest BCUT2D eigenvalue weighted by Crippen LogP contribution is 2.30. The lowest BCUT2D eigenvalue weighted by Crippen LogP contribution is -2.51. The Hall–Kier alpha value is -1.13. The van der Waals surface area contributed by atoms with Gasteiger partial charge in [0.05, 0.1) is 0 Å². The predicted octanol–water partition coefficient (Wildman–Crippen LogP) is 4.98. The minimum Gasteiger partial charge on any atom is -0.349 e. The number of thiocarbonyl (C=S) groups is 1. The summed E-state index contributed by atoms with van der Waals surface area (Å²) in [5, 5.41) is 4.39. The molecular weight excluding hydrogens is 338 g/mol. The van der Waals surface area contributed by atoms with Crippen LogP contribution in [-0.4, -0.2) is 47.1 Å². The molecule has 1 aromatic rings. The molecule has 2 aliphatic rings. The van der Waals surface area contributed by atoms with E-state index in [1.165, 1.54) is 55.3 Å². The van der Waals surface area contributed by atoms with Crippen LogP contribution >= 0.6 is 12.2 Å². The molecule has 0 aromatic heterocycles. The van der Waals surface area contributed by atoms with E-state index in [9.17, 15) is 0 Å². The minimum absolute atomic E-state index is 0.708. The Balaban J connectivity index is 1.54. The molecule has 0 bridgehead atoms. The maximum absolute atomic E-state index is 5.72. The van der Waals surface area contributed by atoms with Gasteiger partial charge in [-0.2, -0.15) is 0 Å². The number of aryl methyl sites for hydroxylation is 2. The molecule has 2 atom stereocenters. The Bertz CT molecular complexity index is 602. The highest BCUT2D eigenvalue weighted by Gasteiger charge is 2.31. The first kappa shape index (κ1) is 19.6. The average Bonchev–Trinajstić information content (AvgIpc) is 2.65. The number of nitrogens with one attached hydrogen (secondary N) is 1. The van der Waals surface area contributed by atoms with Gasteiger partial charge in [0, 0.05) is 30.9 Å². The van der Waals surface area contributed by atoms with Crippen LogP contribution in [0.25, 0.3) is 0 Å². The normalized spacial score (nSPS) is 24.7. The molecule has 3 nitrogen and oxygen atoms in total. The van der Waals surface area contributed by atoms with E-state index in [0.717, 1.165) is 30.2 Å². The number of para-hydroxylation sites is 1. The van der Waals surface area contributed by atoms with Gasteiger partial charge in [-0.05, 0) is 75.8 Å². The van der Waals surface area contributed by atoms with Crippen LogP contribution in [0, 0.1) is 19.8 Å². The number of anilines is 1. The van der Waals surface area contributed by atoms with E-state index >= 15 is 0 Å². The molecule has 0 amide bonds. The van der Waals surface area contributed by atoms with Crippen LogP contribution in [0.2, 0.25) is 0 Å². The quantitative estimate of drug-likeness (QED) is 0.753. The molecule has 3 rings (SSSR count). The van der Waals surface area contributed by atoms with Gasteiger partial charge in [0.25, 0.3) is 0 Å². The maximum atomic E-state index is 5.72. The van der Waals surface area contributed by atoms with Gasteiger partial charge in [-0.15, -0.1) is 0 Å². The Morgan fingerprint density at radius 3 is 2.31 bits per heavy atom. The average molecular weight is 374 g/mol. The van der Waals surface area contributed by atoms with Gasteiger partial charge < -0.3 is 15.1 Å². The number of piperidine rings is 1. The van der Waals surface area contributed by atoms with Gasteiger partial charge in [0.2, 0.25) is 0 Å². The summed E-state index contributed by atoms with van der Waals surface area (Å²) in [6, 6.07) is 7.88. The van der Waals surface area contributed by atoms with Gasteiger partial charge in [-0.25, -0.2) is 0 Å².